The van der Waals surface area contributed by atoms with Gasteiger partial charge in [-0.1, -0.05) is 47.5 Å². The van der Waals surface area contributed by atoms with E-state index in [-0.39, 0.29) is 23.1 Å². The zero-order valence-corrected chi connectivity index (χ0v) is 15.0. The molecule has 0 saturated heterocycles. The summed E-state index contributed by atoms with van der Waals surface area (Å²) < 4.78 is 13.2. The lowest BCUT2D eigenvalue weighted by molar-refractivity contribution is 0.0942. The largest absolute Gasteiger partial charge is 0.501 e. The van der Waals surface area contributed by atoms with E-state index in [2.05, 4.69) is 15.3 Å². The van der Waals surface area contributed by atoms with Gasteiger partial charge in [0.15, 0.2) is 11.5 Å². The minimum atomic E-state index is -0.723. The highest BCUT2D eigenvalue weighted by atomic mass is 35.5. The second-order valence-corrected chi connectivity index (χ2v) is 6.27. The van der Waals surface area contributed by atoms with Gasteiger partial charge in [0.25, 0.3) is 11.8 Å². The molecule has 3 aromatic rings. The molecule has 0 atom stereocenters. The molecule has 8 heteroatoms. The van der Waals surface area contributed by atoms with Crippen molar-refractivity contribution in [3.8, 4) is 23.0 Å². The van der Waals surface area contributed by atoms with Crippen LogP contribution in [0.15, 0.2) is 42.5 Å². The van der Waals surface area contributed by atoms with Crippen LogP contribution < -0.4 is 5.32 Å². The van der Waals surface area contributed by atoms with E-state index < -0.39 is 23.4 Å². The summed E-state index contributed by atoms with van der Waals surface area (Å²) in [6.07, 6.45) is 0. The van der Waals surface area contributed by atoms with Crippen molar-refractivity contribution in [2.75, 3.05) is 0 Å². The Hall–Kier alpha value is -3.19. The van der Waals surface area contributed by atoms with Crippen molar-refractivity contribution in [3.05, 3.63) is 70.1 Å². The average Bonchev–Trinajstić information content (AvgIpc) is 2.65. The molecule has 3 rings (SSSR count). The molecule has 0 spiro atoms. The fourth-order valence-corrected chi connectivity index (χ4v) is 2.55. The van der Waals surface area contributed by atoms with Crippen LogP contribution in [0.4, 0.5) is 4.39 Å². The molecule has 1 amide bonds. The number of carbonyl (C=O) groups excluding carboxylic acids is 1. The van der Waals surface area contributed by atoms with Gasteiger partial charge < -0.3 is 15.5 Å². The molecule has 3 N–H and O–H groups in total. The van der Waals surface area contributed by atoms with E-state index in [9.17, 15) is 19.4 Å². The lowest BCUT2D eigenvalue weighted by Crippen LogP contribution is -2.24. The number of nitrogens with zero attached hydrogens (tertiary/aromatic N) is 2. The molecule has 0 fully saturated rings. The van der Waals surface area contributed by atoms with Crippen LogP contribution in [-0.2, 0) is 6.54 Å². The molecule has 0 unspecified atom stereocenters. The van der Waals surface area contributed by atoms with Crippen LogP contribution in [-0.4, -0.2) is 26.1 Å². The van der Waals surface area contributed by atoms with Crippen LogP contribution >= 0.6 is 11.6 Å². The second kappa shape index (κ2) is 7.59. The molecule has 1 aromatic heterocycles. The predicted octanol–water partition coefficient (Wildman–Crippen LogP) is 3.59. The maximum Gasteiger partial charge on any atom is 0.274 e. The SMILES string of the molecule is Cc1ccc(-c2nc(O)c(O)c(C(=O)NCc3ccc(F)c(Cl)c3)n2)cc1. The fraction of sp³-hybridized carbons (Fsp3) is 0.105. The van der Waals surface area contributed by atoms with E-state index >= 15 is 0 Å². The van der Waals surface area contributed by atoms with Crippen molar-refractivity contribution in [1.82, 2.24) is 15.3 Å². The first-order chi connectivity index (χ1) is 12.8. The van der Waals surface area contributed by atoms with Gasteiger partial charge in [0.05, 0.1) is 5.02 Å². The molecule has 27 heavy (non-hydrogen) atoms. The number of aromatic nitrogens is 2. The van der Waals surface area contributed by atoms with Crippen LogP contribution in [0.5, 0.6) is 11.6 Å². The molecular weight excluding hydrogens is 373 g/mol. The quantitative estimate of drug-likeness (QED) is 0.636. The first-order valence-corrected chi connectivity index (χ1v) is 8.32. The van der Waals surface area contributed by atoms with Crippen LogP contribution in [0.3, 0.4) is 0 Å². The molecular formula is C19H15ClFN3O3. The molecule has 138 valence electrons. The number of nitrogens with one attached hydrogen (secondary N) is 1. The second-order valence-electron chi connectivity index (χ2n) is 5.87. The minimum absolute atomic E-state index is 0.0307. The number of hydrogen-bond donors (Lipinski definition) is 3. The van der Waals surface area contributed by atoms with Crippen molar-refractivity contribution in [2.24, 2.45) is 0 Å². The Morgan fingerprint density at radius 1 is 1.15 bits per heavy atom. The molecule has 0 bridgehead atoms. The zero-order chi connectivity index (χ0) is 19.6. The van der Waals surface area contributed by atoms with E-state index in [0.29, 0.717) is 11.1 Å². The maximum atomic E-state index is 13.2. The highest BCUT2D eigenvalue weighted by molar-refractivity contribution is 6.30. The summed E-state index contributed by atoms with van der Waals surface area (Å²) in [4.78, 5) is 20.3. The van der Waals surface area contributed by atoms with E-state index in [1.807, 2.05) is 19.1 Å². The molecule has 1 heterocycles. The molecule has 0 radical (unpaired) electrons. The number of aromatic hydroxyl groups is 2. The van der Waals surface area contributed by atoms with Gasteiger partial charge in [-0.05, 0) is 24.6 Å². The maximum absolute atomic E-state index is 13.2. The summed E-state index contributed by atoms with van der Waals surface area (Å²) >= 11 is 5.71. The topological polar surface area (TPSA) is 95.3 Å². The third-order valence-electron chi connectivity index (χ3n) is 3.83. The zero-order valence-electron chi connectivity index (χ0n) is 14.2. The van der Waals surface area contributed by atoms with Crippen molar-refractivity contribution in [1.29, 1.82) is 0 Å². The smallest absolute Gasteiger partial charge is 0.274 e. The van der Waals surface area contributed by atoms with E-state index in [0.717, 1.165) is 5.56 Å². The number of benzene rings is 2. The van der Waals surface area contributed by atoms with E-state index in [1.54, 1.807) is 12.1 Å². The highest BCUT2D eigenvalue weighted by Gasteiger charge is 2.20. The van der Waals surface area contributed by atoms with Gasteiger partial charge >= 0.3 is 0 Å². The number of hydrogen-bond acceptors (Lipinski definition) is 5. The molecule has 0 aliphatic heterocycles. The van der Waals surface area contributed by atoms with Gasteiger partial charge in [0, 0.05) is 12.1 Å². The van der Waals surface area contributed by atoms with Crippen LogP contribution in [0.2, 0.25) is 5.02 Å². The number of carbonyl (C=O) groups is 1. The summed E-state index contributed by atoms with van der Waals surface area (Å²) in [6, 6.07) is 11.2. The minimum Gasteiger partial charge on any atom is -0.501 e. The molecule has 0 aliphatic rings. The van der Waals surface area contributed by atoms with Crippen LogP contribution in [0.25, 0.3) is 11.4 Å². The monoisotopic (exact) mass is 387 g/mol. The summed E-state index contributed by atoms with van der Waals surface area (Å²) in [7, 11) is 0. The lowest BCUT2D eigenvalue weighted by atomic mass is 10.1. The van der Waals surface area contributed by atoms with Crippen LogP contribution in [0, 0.1) is 12.7 Å². The van der Waals surface area contributed by atoms with Gasteiger partial charge in [-0.3, -0.25) is 4.79 Å². The Kier molecular flexibility index (Phi) is 5.23. The fourth-order valence-electron chi connectivity index (χ4n) is 2.35. The predicted molar refractivity (Wildman–Crippen MR) is 98.1 cm³/mol. The van der Waals surface area contributed by atoms with Gasteiger partial charge in [-0.15, -0.1) is 0 Å². The first-order valence-electron chi connectivity index (χ1n) is 7.94. The summed E-state index contributed by atoms with van der Waals surface area (Å²) in [6.45, 7) is 1.95. The van der Waals surface area contributed by atoms with Gasteiger partial charge in [-0.25, -0.2) is 9.37 Å². The molecule has 0 saturated carbocycles. The van der Waals surface area contributed by atoms with Crippen molar-refractivity contribution >= 4 is 17.5 Å². The van der Waals surface area contributed by atoms with E-state index in [4.69, 9.17) is 11.6 Å². The number of halogens is 2. The van der Waals surface area contributed by atoms with Crippen LogP contribution in [0.1, 0.15) is 21.6 Å². The Bertz CT molecular complexity index is 1010. The Balaban J connectivity index is 1.85. The average molecular weight is 388 g/mol. The summed E-state index contributed by atoms with van der Waals surface area (Å²) in [5.74, 6) is -2.61. The Labute approximate surface area is 159 Å². The normalized spacial score (nSPS) is 10.6. The summed E-state index contributed by atoms with van der Waals surface area (Å²) in [5.41, 5.74) is 1.80. The van der Waals surface area contributed by atoms with E-state index in [1.165, 1.54) is 18.2 Å². The first kappa shape index (κ1) is 18.6. The lowest BCUT2D eigenvalue weighted by Gasteiger charge is -2.09. The van der Waals surface area contributed by atoms with Crippen molar-refractivity contribution in [3.63, 3.8) is 0 Å². The third-order valence-corrected chi connectivity index (χ3v) is 4.12. The summed E-state index contributed by atoms with van der Waals surface area (Å²) in [5, 5.41) is 22.3. The highest BCUT2D eigenvalue weighted by Crippen LogP contribution is 2.29. The third kappa shape index (κ3) is 4.15. The van der Waals surface area contributed by atoms with Crippen molar-refractivity contribution < 1.29 is 19.4 Å². The van der Waals surface area contributed by atoms with Gasteiger partial charge in [-0.2, -0.15) is 4.98 Å². The Morgan fingerprint density at radius 2 is 1.85 bits per heavy atom. The Morgan fingerprint density at radius 3 is 2.52 bits per heavy atom. The van der Waals surface area contributed by atoms with Crippen molar-refractivity contribution in [2.45, 2.75) is 13.5 Å². The molecule has 6 nitrogen and oxygen atoms in total. The number of rotatable bonds is 4. The van der Waals surface area contributed by atoms with Gasteiger partial charge in [0.1, 0.15) is 5.82 Å². The molecule has 2 aromatic carbocycles. The number of aryl methyl sites for hydroxylation is 1. The van der Waals surface area contributed by atoms with Gasteiger partial charge in [0.2, 0.25) is 5.75 Å². The standard InChI is InChI=1S/C19H15ClFN3O3/c1-10-2-5-12(6-3-10)17-23-15(16(25)19(27)24-17)18(26)22-9-11-4-7-14(21)13(20)8-11/h2-8,25H,9H2,1H3,(H,22,26)(H,23,24,27). The molecule has 0 aliphatic carbocycles. The number of amides is 1.